The number of nitrogens with zero attached hydrogens (tertiary/aromatic N) is 2. The van der Waals surface area contributed by atoms with E-state index in [1.54, 1.807) is 25.1 Å². The first-order valence-electron chi connectivity index (χ1n) is 23.7. The number of allylic oxidation sites excluding steroid dienone is 1. The number of amides is 2. The molecular formula is C53H58F10N4O2. The van der Waals surface area contributed by atoms with Crippen LogP contribution in [0.1, 0.15) is 120 Å². The Balaban J connectivity index is 0.000000206. The lowest BCUT2D eigenvalue weighted by atomic mass is 9.74. The summed E-state index contributed by atoms with van der Waals surface area (Å²) in [5, 5.41) is 5.36. The average Bonchev–Trinajstić information content (AvgIpc) is 3.95. The number of aryl methyl sites for hydroxylation is 1. The third-order valence-electron chi connectivity index (χ3n) is 14.1. The van der Waals surface area contributed by atoms with Gasteiger partial charge < -0.3 is 20.4 Å². The van der Waals surface area contributed by atoms with E-state index in [0.717, 1.165) is 70.5 Å². The first-order valence-corrected chi connectivity index (χ1v) is 23.7. The summed E-state index contributed by atoms with van der Waals surface area (Å²) in [5.74, 6) is -1.74. The smallest absolute Gasteiger partial charge is 0.352 e. The van der Waals surface area contributed by atoms with Crippen LogP contribution in [0.3, 0.4) is 0 Å². The van der Waals surface area contributed by atoms with Gasteiger partial charge in [0.15, 0.2) is 0 Å². The Labute approximate surface area is 396 Å². The van der Waals surface area contributed by atoms with Crippen molar-refractivity contribution >= 4 is 17.9 Å². The largest absolute Gasteiger partial charge is 0.416 e. The van der Waals surface area contributed by atoms with E-state index in [2.05, 4.69) is 50.8 Å². The molecule has 16 heteroatoms. The molecule has 2 aliphatic carbocycles. The van der Waals surface area contributed by atoms with Crippen molar-refractivity contribution in [1.29, 1.82) is 0 Å². The molecule has 69 heavy (non-hydrogen) atoms. The fourth-order valence-electron chi connectivity index (χ4n) is 10.4. The second kappa shape index (κ2) is 21.8. The number of hydrogen-bond acceptors (Lipinski definition) is 4. The zero-order valence-electron chi connectivity index (χ0n) is 38.5. The fourth-order valence-corrected chi connectivity index (χ4v) is 10.4. The van der Waals surface area contributed by atoms with Crippen molar-refractivity contribution in [2.45, 2.75) is 120 Å². The van der Waals surface area contributed by atoms with Crippen molar-refractivity contribution in [3.8, 4) is 0 Å². The minimum atomic E-state index is -4.91. The van der Waals surface area contributed by atoms with E-state index >= 15 is 0 Å². The number of hydrogen-bond donors (Lipinski definition) is 2. The maximum atomic E-state index is 13.4. The number of likely N-dealkylation sites (tertiary alicyclic amines) is 2. The molecule has 4 aromatic carbocycles. The summed E-state index contributed by atoms with van der Waals surface area (Å²) in [6, 6.07) is 19.8. The van der Waals surface area contributed by atoms with Gasteiger partial charge in [0, 0.05) is 30.5 Å². The van der Waals surface area contributed by atoms with Crippen LogP contribution < -0.4 is 10.6 Å². The lowest BCUT2D eigenvalue weighted by Crippen LogP contribution is -2.45. The summed E-state index contributed by atoms with van der Waals surface area (Å²) in [5.41, 5.74) is 0.612. The minimum absolute atomic E-state index is 0.00735. The molecule has 2 saturated heterocycles. The Bertz CT molecular complexity index is 2380. The van der Waals surface area contributed by atoms with Gasteiger partial charge in [0.2, 0.25) is 11.8 Å². The molecule has 0 unspecified atom stereocenters. The van der Waals surface area contributed by atoms with Gasteiger partial charge in [-0.15, -0.1) is 0 Å². The van der Waals surface area contributed by atoms with Crippen molar-refractivity contribution in [1.82, 2.24) is 20.4 Å². The molecule has 8 rings (SSSR count). The highest BCUT2D eigenvalue weighted by molar-refractivity contribution is 5.83. The van der Waals surface area contributed by atoms with E-state index < -0.39 is 41.1 Å². The summed E-state index contributed by atoms with van der Waals surface area (Å²) in [6.07, 6.45) is -0.550. The molecule has 0 radical (unpaired) electrons. The van der Waals surface area contributed by atoms with Gasteiger partial charge in [0.25, 0.3) is 0 Å². The van der Waals surface area contributed by atoms with Crippen molar-refractivity contribution in [3.05, 3.63) is 147 Å². The van der Waals surface area contributed by atoms with E-state index in [-0.39, 0.29) is 59.7 Å². The molecule has 6 nitrogen and oxygen atoms in total. The molecule has 2 heterocycles. The quantitative estimate of drug-likeness (QED) is 0.139. The Morgan fingerprint density at radius 2 is 1.30 bits per heavy atom. The third-order valence-corrected chi connectivity index (χ3v) is 14.1. The van der Waals surface area contributed by atoms with E-state index in [4.69, 9.17) is 0 Å². The van der Waals surface area contributed by atoms with Crippen molar-refractivity contribution in [2.75, 3.05) is 32.7 Å². The summed E-state index contributed by atoms with van der Waals surface area (Å²) < 4.78 is 131. The van der Waals surface area contributed by atoms with Gasteiger partial charge in [-0.25, -0.2) is 4.39 Å². The number of rotatable bonds is 12. The molecule has 3 atom stereocenters. The average molecular weight is 973 g/mol. The van der Waals surface area contributed by atoms with Crippen molar-refractivity contribution in [2.24, 2.45) is 5.92 Å². The highest BCUT2D eigenvalue weighted by atomic mass is 19.4. The summed E-state index contributed by atoms with van der Waals surface area (Å²) >= 11 is 0. The summed E-state index contributed by atoms with van der Waals surface area (Å²) in [7, 11) is 0. The normalized spacial score (nSPS) is 20.0. The zero-order valence-corrected chi connectivity index (χ0v) is 38.5. The van der Waals surface area contributed by atoms with Crippen molar-refractivity contribution < 1.29 is 53.5 Å². The topological polar surface area (TPSA) is 64.7 Å². The lowest BCUT2D eigenvalue weighted by molar-refractivity contribution is -0.143. The van der Waals surface area contributed by atoms with Gasteiger partial charge in [-0.05, 0) is 168 Å². The second-order valence-corrected chi connectivity index (χ2v) is 19.0. The molecule has 1 spiro atoms. The molecular weight excluding hydrogens is 915 g/mol. The van der Waals surface area contributed by atoms with Crippen LogP contribution in [0.5, 0.6) is 0 Å². The van der Waals surface area contributed by atoms with Crippen LogP contribution in [-0.2, 0) is 46.6 Å². The van der Waals surface area contributed by atoms with Crippen LogP contribution in [0.25, 0.3) is 6.08 Å². The number of benzene rings is 4. The monoisotopic (exact) mass is 972 g/mol. The highest BCUT2D eigenvalue weighted by Crippen LogP contribution is 2.45. The van der Waals surface area contributed by atoms with E-state index in [1.807, 2.05) is 6.07 Å². The molecule has 3 fully saturated rings. The maximum Gasteiger partial charge on any atom is 0.416 e. The Morgan fingerprint density at radius 1 is 0.710 bits per heavy atom. The summed E-state index contributed by atoms with van der Waals surface area (Å²) in [4.78, 5) is 30.6. The Hall–Kier alpha value is -5.22. The molecule has 2 N–H and O–H groups in total. The second-order valence-electron chi connectivity index (χ2n) is 19.0. The molecule has 0 bridgehead atoms. The first kappa shape index (κ1) is 51.6. The maximum absolute atomic E-state index is 13.4. The minimum Gasteiger partial charge on any atom is -0.352 e. The lowest BCUT2D eigenvalue weighted by Gasteiger charge is -2.42. The highest BCUT2D eigenvalue weighted by Gasteiger charge is 2.42. The van der Waals surface area contributed by atoms with Crippen LogP contribution in [0.4, 0.5) is 43.9 Å². The van der Waals surface area contributed by atoms with Gasteiger partial charge in [-0.3, -0.25) is 9.59 Å². The SMILES string of the molecule is Cc1cc(CNC(=O)[C@@H](CCCN2CCCCC2)c2ccc(F)cc2)cc(C(F)(F)F)c1.O=C(NCc1cc(C(F)(F)F)cc(C(F)(F)F)c1)[C@H]1CC[C@@H](N2CCC3(C=Cc4ccccc43)CC2)C1. The number of nitrogens with one attached hydrogen (secondary N) is 2. The van der Waals surface area contributed by atoms with Crippen LogP contribution in [0.15, 0.2) is 91.0 Å². The van der Waals surface area contributed by atoms with Gasteiger partial charge in [0.05, 0.1) is 22.6 Å². The molecule has 2 aliphatic heterocycles. The molecule has 0 aromatic heterocycles. The predicted octanol–water partition coefficient (Wildman–Crippen LogP) is 12.4. The number of alkyl halides is 9. The number of halogens is 10. The number of piperidine rings is 2. The predicted molar refractivity (Wildman–Crippen MR) is 244 cm³/mol. The van der Waals surface area contributed by atoms with E-state index in [9.17, 15) is 53.5 Å². The van der Waals surface area contributed by atoms with E-state index in [0.29, 0.717) is 48.1 Å². The van der Waals surface area contributed by atoms with Gasteiger partial charge in [-0.1, -0.05) is 66.6 Å². The fraction of sp³-hybridized carbons (Fsp3) is 0.472. The Kier molecular flexibility index (Phi) is 16.3. The molecule has 4 aliphatic rings. The van der Waals surface area contributed by atoms with Crippen LogP contribution in [0, 0.1) is 18.7 Å². The number of carbonyl (C=O) groups excluding carboxylic acids is 2. The number of fused-ring (bicyclic) bond motifs is 2. The Morgan fingerprint density at radius 3 is 1.94 bits per heavy atom. The van der Waals surface area contributed by atoms with Gasteiger partial charge in [-0.2, -0.15) is 39.5 Å². The third kappa shape index (κ3) is 13.6. The van der Waals surface area contributed by atoms with E-state index in [1.165, 1.54) is 42.5 Å². The molecule has 4 aromatic rings. The zero-order chi connectivity index (χ0) is 49.6. The first-order chi connectivity index (χ1) is 32.7. The van der Waals surface area contributed by atoms with Crippen LogP contribution in [-0.4, -0.2) is 60.4 Å². The summed E-state index contributed by atoms with van der Waals surface area (Å²) in [6.45, 7) is 6.10. The molecule has 2 amide bonds. The standard InChI is InChI=1S/C28H28F6N2O.C25H30F4N2O/c29-27(30,31)21-13-18(14-22(16-21)28(32,33)34)17-35-25(37)20-5-6-23(15-20)36-11-9-26(10-12-36)8-7-19-3-1-2-4-24(19)26;1-18-14-19(16-21(15-18)25(27,28)29)17-30-24(32)23(20-7-9-22(26)10-8-20)6-5-13-31-11-3-2-4-12-31/h1-4,7-8,13-14,16,20,23H,5-6,9-12,15,17H2,(H,35,37);7-10,14-16,23H,2-6,11-13,17H2,1H3,(H,30,32)/t20-,23+;23-/m00/s1. The van der Waals surface area contributed by atoms with Gasteiger partial charge >= 0.3 is 18.5 Å². The van der Waals surface area contributed by atoms with Crippen LogP contribution in [0.2, 0.25) is 0 Å². The van der Waals surface area contributed by atoms with Crippen molar-refractivity contribution in [3.63, 3.8) is 0 Å². The molecule has 1 saturated carbocycles. The number of carbonyl (C=O) groups is 2. The van der Waals surface area contributed by atoms with Crippen LogP contribution >= 0.6 is 0 Å². The van der Waals surface area contributed by atoms with Gasteiger partial charge in [0.1, 0.15) is 5.82 Å². The molecule has 372 valence electrons.